The number of sulfonamides is 1. The minimum atomic E-state index is -3.42. The van der Waals surface area contributed by atoms with Gasteiger partial charge in [0.25, 0.3) is 0 Å². The van der Waals surface area contributed by atoms with Gasteiger partial charge in [-0.3, -0.25) is 4.99 Å². The first-order chi connectivity index (χ1) is 11.9. The van der Waals surface area contributed by atoms with Crippen molar-refractivity contribution in [1.29, 1.82) is 0 Å². The predicted molar refractivity (Wildman–Crippen MR) is 102 cm³/mol. The Morgan fingerprint density at radius 2 is 1.96 bits per heavy atom. The summed E-state index contributed by atoms with van der Waals surface area (Å²) in [4.78, 5) is 4.55. The molecule has 0 amide bonds. The number of guanidine groups is 1. The first kappa shape index (κ1) is 19.7. The number of aliphatic imine (C=N–C) groups is 1. The van der Waals surface area contributed by atoms with Crippen molar-refractivity contribution in [2.24, 2.45) is 10.4 Å². The van der Waals surface area contributed by atoms with E-state index in [-0.39, 0.29) is 4.90 Å². The molecule has 6 nitrogen and oxygen atoms in total. The van der Waals surface area contributed by atoms with E-state index in [0.29, 0.717) is 12.0 Å². The lowest BCUT2D eigenvalue weighted by Crippen LogP contribution is -2.42. The Morgan fingerprint density at radius 3 is 2.56 bits per heavy atom. The van der Waals surface area contributed by atoms with Crippen molar-refractivity contribution in [3.63, 3.8) is 0 Å². The van der Waals surface area contributed by atoms with Gasteiger partial charge in [-0.25, -0.2) is 13.1 Å². The molecule has 1 aromatic carbocycles. The highest BCUT2D eigenvalue weighted by Crippen LogP contribution is 2.40. The van der Waals surface area contributed by atoms with Crippen LogP contribution in [0.3, 0.4) is 0 Å². The van der Waals surface area contributed by atoms with E-state index in [0.717, 1.165) is 18.1 Å². The van der Waals surface area contributed by atoms with E-state index in [1.807, 2.05) is 6.07 Å². The van der Waals surface area contributed by atoms with Gasteiger partial charge in [0.2, 0.25) is 10.0 Å². The molecule has 0 heterocycles. The van der Waals surface area contributed by atoms with E-state index in [2.05, 4.69) is 27.3 Å². The largest absolute Gasteiger partial charge is 0.356 e. The Morgan fingerprint density at radius 1 is 1.24 bits per heavy atom. The molecule has 1 aliphatic rings. The first-order valence-electron chi connectivity index (χ1n) is 8.92. The highest BCUT2D eigenvalue weighted by molar-refractivity contribution is 7.89. The molecule has 1 aromatic rings. The van der Waals surface area contributed by atoms with Crippen LogP contribution in [0, 0.1) is 5.41 Å². The summed E-state index contributed by atoms with van der Waals surface area (Å²) in [6.07, 6.45) is 6.36. The molecule has 0 unspecified atom stereocenters. The predicted octanol–water partition coefficient (Wildman–Crippen LogP) is 2.23. The van der Waals surface area contributed by atoms with Gasteiger partial charge in [0.1, 0.15) is 0 Å². The van der Waals surface area contributed by atoms with Gasteiger partial charge in [-0.2, -0.15) is 0 Å². The van der Waals surface area contributed by atoms with Crippen LogP contribution < -0.4 is 15.4 Å². The molecular formula is C18H30N4O2S. The molecule has 0 bridgehead atoms. The first-order valence-corrected chi connectivity index (χ1v) is 10.4. The van der Waals surface area contributed by atoms with Crippen LogP contribution in [0.5, 0.6) is 0 Å². The van der Waals surface area contributed by atoms with Gasteiger partial charge in [0.05, 0.1) is 4.90 Å². The van der Waals surface area contributed by atoms with Crippen LogP contribution in [-0.4, -0.2) is 35.0 Å². The maximum atomic E-state index is 11.9. The fourth-order valence-corrected chi connectivity index (χ4v) is 4.20. The normalized spacial score (nSPS) is 17.5. The molecule has 0 atom stereocenters. The second-order valence-corrected chi connectivity index (χ2v) is 8.58. The highest BCUT2D eigenvalue weighted by Gasteiger charge is 2.31. The summed E-state index contributed by atoms with van der Waals surface area (Å²) in [6.45, 7) is 3.71. The molecule has 140 valence electrons. The lowest BCUT2D eigenvalue weighted by molar-refractivity contribution is 0.283. The third-order valence-electron chi connectivity index (χ3n) is 5.21. The van der Waals surface area contributed by atoms with Gasteiger partial charge in [0, 0.05) is 20.1 Å². The lowest BCUT2D eigenvalue weighted by Gasteiger charge is -2.28. The van der Waals surface area contributed by atoms with Crippen molar-refractivity contribution >= 4 is 16.0 Å². The molecule has 3 N–H and O–H groups in total. The Balaban J connectivity index is 1.94. The number of nitrogens with one attached hydrogen (secondary N) is 3. The average Bonchev–Trinajstić information content (AvgIpc) is 3.11. The maximum absolute atomic E-state index is 11.9. The molecule has 0 spiro atoms. The number of nitrogens with zero attached hydrogens (tertiary/aromatic N) is 1. The maximum Gasteiger partial charge on any atom is 0.240 e. The Labute approximate surface area is 151 Å². The summed E-state index contributed by atoms with van der Waals surface area (Å²) in [5.74, 6) is 0.751. The van der Waals surface area contributed by atoms with Crippen molar-refractivity contribution in [3.8, 4) is 0 Å². The van der Waals surface area contributed by atoms with Crippen LogP contribution in [0.25, 0.3) is 0 Å². The third-order valence-corrected chi connectivity index (χ3v) is 6.62. The zero-order valence-corrected chi connectivity index (χ0v) is 16.2. The summed E-state index contributed by atoms with van der Waals surface area (Å²) in [5, 5.41) is 6.71. The van der Waals surface area contributed by atoms with Gasteiger partial charge in [-0.05, 0) is 49.4 Å². The van der Waals surface area contributed by atoms with Crippen LogP contribution in [0.15, 0.2) is 34.2 Å². The number of hydrogen-bond donors (Lipinski definition) is 3. The topological polar surface area (TPSA) is 82.6 Å². The van der Waals surface area contributed by atoms with Gasteiger partial charge >= 0.3 is 0 Å². The van der Waals surface area contributed by atoms with Crippen LogP contribution in [0.1, 0.15) is 44.6 Å². The van der Waals surface area contributed by atoms with Crippen molar-refractivity contribution in [1.82, 2.24) is 15.4 Å². The van der Waals surface area contributed by atoms with E-state index in [9.17, 15) is 8.42 Å². The van der Waals surface area contributed by atoms with Gasteiger partial charge in [-0.15, -0.1) is 0 Å². The van der Waals surface area contributed by atoms with Crippen molar-refractivity contribution in [2.75, 3.05) is 20.6 Å². The molecule has 0 aliphatic heterocycles. The standard InChI is InChI=1S/C18H30N4O2S/c1-4-18(10-5-6-11-18)14-22-17(19-2)21-13-15-8-7-9-16(12-15)25(23,24)20-3/h7-9,12,20H,4-6,10-11,13-14H2,1-3H3,(H2,19,21,22). The molecule has 25 heavy (non-hydrogen) atoms. The van der Waals surface area contributed by atoms with E-state index >= 15 is 0 Å². The third kappa shape index (κ3) is 5.19. The molecular weight excluding hydrogens is 336 g/mol. The molecule has 1 fully saturated rings. The molecule has 0 saturated heterocycles. The molecule has 1 saturated carbocycles. The van der Waals surface area contributed by atoms with Gasteiger partial charge < -0.3 is 10.6 Å². The number of rotatable bonds is 7. The van der Waals surface area contributed by atoms with E-state index in [1.54, 1.807) is 25.2 Å². The summed E-state index contributed by atoms with van der Waals surface area (Å²) < 4.78 is 26.1. The van der Waals surface area contributed by atoms with Crippen LogP contribution in [-0.2, 0) is 16.6 Å². The van der Waals surface area contributed by atoms with Gasteiger partial charge in [0.15, 0.2) is 5.96 Å². The number of benzene rings is 1. The fraction of sp³-hybridized carbons (Fsp3) is 0.611. The van der Waals surface area contributed by atoms with Crippen LogP contribution >= 0.6 is 0 Å². The second-order valence-electron chi connectivity index (χ2n) is 6.69. The Hall–Kier alpha value is -1.60. The van der Waals surface area contributed by atoms with Crippen molar-refractivity contribution in [2.45, 2.75) is 50.5 Å². The van der Waals surface area contributed by atoms with Crippen LogP contribution in [0.4, 0.5) is 0 Å². The summed E-state index contributed by atoms with van der Waals surface area (Å²) in [7, 11) is -0.252. The average molecular weight is 367 g/mol. The zero-order chi connectivity index (χ0) is 18.3. The Bertz CT molecular complexity index is 695. The van der Waals surface area contributed by atoms with E-state index in [1.165, 1.54) is 39.2 Å². The number of hydrogen-bond acceptors (Lipinski definition) is 3. The van der Waals surface area contributed by atoms with E-state index < -0.39 is 10.0 Å². The highest BCUT2D eigenvalue weighted by atomic mass is 32.2. The van der Waals surface area contributed by atoms with Gasteiger partial charge in [-0.1, -0.05) is 31.9 Å². The summed E-state index contributed by atoms with van der Waals surface area (Å²) in [6, 6.07) is 6.92. The molecule has 1 aliphatic carbocycles. The minimum absolute atomic E-state index is 0.271. The smallest absolute Gasteiger partial charge is 0.240 e. The zero-order valence-electron chi connectivity index (χ0n) is 15.4. The molecule has 7 heteroatoms. The quantitative estimate of drug-likeness (QED) is 0.510. The van der Waals surface area contributed by atoms with E-state index in [4.69, 9.17) is 0 Å². The molecule has 2 rings (SSSR count). The minimum Gasteiger partial charge on any atom is -0.356 e. The van der Waals surface area contributed by atoms with Crippen LogP contribution in [0.2, 0.25) is 0 Å². The summed E-state index contributed by atoms with van der Waals surface area (Å²) >= 11 is 0. The summed E-state index contributed by atoms with van der Waals surface area (Å²) in [5.41, 5.74) is 1.28. The second kappa shape index (κ2) is 8.67. The fourth-order valence-electron chi connectivity index (χ4n) is 3.40. The van der Waals surface area contributed by atoms with Crippen molar-refractivity contribution < 1.29 is 8.42 Å². The molecule has 0 radical (unpaired) electrons. The molecule has 0 aromatic heterocycles. The lowest BCUT2D eigenvalue weighted by atomic mass is 9.83. The SMILES string of the molecule is CCC1(CNC(=NC)NCc2cccc(S(=O)(=O)NC)c2)CCCC1. The monoisotopic (exact) mass is 366 g/mol. The Kier molecular flexibility index (Phi) is 6.84. The van der Waals surface area contributed by atoms with Crippen molar-refractivity contribution in [3.05, 3.63) is 29.8 Å².